The Kier molecular flexibility index (Phi) is 2.90. The zero-order valence-corrected chi connectivity index (χ0v) is 9.22. The third-order valence-electron chi connectivity index (χ3n) is 2.66. The van der Waals surface area contributed by atoms with Crippen LogP contribution >= 0.6 is 0 Å². The second kappa shape index (κ2) is 4.35. The van der Waals surface area contributed by atoms with Crippen LogP contribution < -0.4 is 4.90 Å². The first-order valence-electron chi connectivity index (χ1n) is 5.35. The lowest BCUT2D eigenvalue weighted by Crippen LogP contribution is -2.30. The quantitative estimate of drug-likeness (QED) is 0.749. The lowest BCUT2D eigenvalue weighted by molar-refractivity contribution is -0.131. The summed E-state index contributed by atoms with van der Waals surface area (Å²) in [4.78, 5) is 26.4. The summed E-state index contributed by atoms with van der Waals surface area (Å²) in [5, 5.41) is 0. The first-order chi connectivity index (χ1) is 7.72. The standard InChI is InChI=1S/C12H14N2O2/c1-2-11(15)13-8-12(16)14(9-13)10-6-4-3-5-7-10/h3-7H,2,8-9H2,1H3. The van der Waals surface area contributed by atoms with Crippen LogP contribution in [0.2, 0.25) is 0 Å². The van der Waals surface area contributed by atoms with E-state index in [9.17, 15) is 9.59 Å². The Bertz CT molecular complexity index is 403. The topological polar surface area (TPSA) is 40.6 Å². The lowest BCUT2D eigenvalue weighted by Gasteiger charge is -2.17. The minimum absolute atomic E-state index is 0.0202. The molecule has 2 amide bonds. The summed E-state index contributed by atoms with van der Waals surface area (Å²) < 4.78 is 0. The predicted molar refractivity (Wildman–Crippen MR) is 60.8 cm³/mol. The lowest BCUT2D eigenvalue weighted by atomic mass is 10.3. The van der Waals surface area contributed by atoms with Gasteiger partial charge in [0.25, 0.3) is 0 Å². The van der Waals surface area contributed by atoms with E-state index in [4.69, 9.17) is 0 Å². The summed E-state index contributed by atoms with van der Waals surface area (Å²) in [6.07, 6.45) is 0.440. The molecule has 0 radical (unpaired) electrons. The largest absolute Gasteiger partial charge is 0.315 e. The Labute approximate surface area is 94.5 Å². The zero-order valence-electron chi connectivity index (χ0n) is 9.22. The number of para-hydroxylation sites is 1. The number of carbonyl (C=O) groups excluding carboxylic acids is 2. The van der Waals surface area contributed by atoms with Gasteiger partial charge in [0.15, 0.2) is 0 Å². The maximum absolute atomic E-state index is 11.7. The summed E-state index contributed by atoms with van der Waals surface area (Å²) in [6, 6.07) is 9.41. The average molecular weight is 218 g/mol. The van der Waals surface area contributed by atoms with Gasteiger partial charge in [-0.3, -0.25) is 14.5 Å². The van der Waals surface area contributed by atoms with E-state index in [1.165, 1.54) is 0 Å². The molecule has 0 N–H and O–H groups in total. The molecule has 0 spiro atoms. The molecule has 1 aliphatic heterocycles. The van der Waals surface area contributed by atoms with Crippen LogP contribution in [0.25, 0.3) is 0 Å². The van der Waals surface area contributed by atoms with Crippen molar-refractivity contribution in [3.05, 3.63) is 30.3 Å². The molecule has 0 aliphatic carbocycles. The van der Waals surface area contributed by atoms with Crippen LogP contribution in [0.3, 0.4) is 0 Å². The molecular weight excluding hydrogens is 204 g/mol. The fourth-order valence-corrected chi connectivity index (χ4v) is 1.77. The second-order valence-electron chi connectivity index (χ2n) is 3.74. The third kappa shape index (κ3) is 1.91. The molecule has 0 unspecified atom stereocenters. The van der Waals surface area contributed by atoms with Gasteiger partial charge in [0.2, 0.25) is 11.8 Å². The molecule has 1 heterocycles. The number of hydrogen-bond donors (Lipinski definition) is 0. The van der Waals surface area contributed by atoms with E-state index >= 15 is 0 Å². The van der Waals surface area contributed by atoms with Gasteiger partial charge in [-0.05, 0) is 12.1 Å². The van der Waals surface area contributed by atoms with Gasteiger partial charge in [-0.25, -0.2) is 0 Å². The van der Waals surface area contributed by atoms with Gasteiger partial charge >= 0.3 is 0 Å². The van der Waals surface area contributed by atoms with E-state index in [2.05, 4.69) is 0 Å². The molecule has 1 fully saturated rings. The Hall–Kier alpha value is -1.84. The highest BCUT2D eigenvalue weighted by Gasteiger charge is 2.30. The number of rotatable bonds is 2. The van der Waals surface area contributed by atoms with Crippen LogP contribution in [0.15, 0.2) is 30.3 Å². The molecule has 84 valence electrons. The number of hydrogen-bond acceptors (Lipinski definition) is 2. The Balaban J connectivity index is 2.14. The Morgan fingerprint density at radius 3 is 2.62 bits per heavy atom. The van der Waals surface area contributed by atoms with Crippen molar-refractivity contribution in [2.75, 3.05) is 18.1 Å². The van der Waals surface area contributed by atoms with Crippen molar-refractivity contribution in [2.45, 2.75) is 13.3 Å². The van der Waals surface area contributed by atoms with Crippen LogP contribution in [0.4, 0.5) is 5.69 Å². The molecular formula is C12H14N2O2. The number of anilines is 1. The molecule has 4 heteroatoms. The van der Waals surface area contributed by atoms with Crippen molar-refractivity contribution in [1.29, 1.82) is 0 Å². The fourth-order valence-electron chi connectivity index (χ4n) is 1.77. The molecule has 0 bridgehead atoms. The van der Waals surface area contributed by atoms with Crippen molar-refractivity contribution in [1.82, 2.24) is 4.90 Å². The molecule has 0 atom stereocenters. The number of benzene rings is 1. The number of nitrogens with zero attached hydrogens (tertiary/aromatic N) is 2. The summed E-state index contributed by atoms with van der Waals surface area (Å²) in [6.45, 7) is 2.37. The second-order valence-corrected chi connectivity index (χ2v) is 3.74. The smallest absolute Gasteiger partial charge is 0.248 e. The molecule has 16 heavy (non-hydrogen) atoms. The van der Waals surface area contributed by atoms with Gasteiger partial charge < -0.3 is 4.90 Å². The van der Waals surface area contributed by atoms with E-state index in [1.807, 2.05) is 30.3 Å². The van der Waals surface area contributed by atoms with Crippen molar-refractivity contribution >= 4 is 17.5 Å². The van der Waals surface area contributed by atoms with Gasteiger partial charge in [-0.1, -0.05) is 25.1 Å². The van der Waals surface area contributed by atoms with Gasteiger partial charge in [-0.2, -0.15) is 0 Å². The molecule has 1 aliphatic rings. The monoisotopic (exact) mass is 218 g/mol. The summed E-state index contributed by atoms with van der Waals surface area (Å²) in [5.41, 5.74) is 0.846. The highest BCUT2D eigenvalue weighted by atomic mass is 16.2. The summed E-state index contributed by atoms with van der Waals surface area (Å²) in [5.74, 6) is -0.000203. The molecule has 2 rings (SSSR count). The molecule has 0 saturated carbocycles. The van der Waals surface area contributed by atoms with Gasteiger partial charge in [0.1, 0.15) is 13.2 Å². The van der Waals surface area contributed by atoms with E-state index in [1.54, 1.807) is 16.7 Å². The van der Waals surface area contributed by atoms with E-state index in [0.717, 1.165) is 5.69 Å². The van der Waals surface area contributed by atoms with Crippen LogP contribution in [-0.4, -0.2) is 29.9 Å². The van der Waals surface area contributed by atoms with E-state index < -0.39 is 0 Å². The maximum atomic E-state index is 11.7. The molecule has 0 aromatic heterocycles. The molecule has 1 aromatic carbocycles. The fraction of sp³-hybridized carbons (Fsp3) is 0.333. The number of carbonyl (C=O) groups is 2. The summed E-state index contributed by atoms with van der Waals surface area (Å²) >= 11 is 0. The van der Waals surface area contributed by atoms with Crippen LogP contribution in [0.1, 0.15) is 13.3 Å². The van der Waals surface area contributed by atoms with Crippen molar-refractivity contribution in [3.63, 3.8) is 0 Å². The maximum Gasteiger partial charge on any atom is 0.248 e. The Morgan fingerprint density at radius 2 is 2.00 bits per heavy atom. The van der Waals surface area contributed by atoms with Gasteiger partial charge in [0, 0.05) is 12.1 Å². The Morgan fingerprint density at radius 1 is 1.31 bits per heavy atom. The van der Waals surface area contributed by atoms with Crippen molar-refractivity contribution in [2.24, 2.45) is 0 Å². The van der Waals surface area contributed by atoms with E-state index in [-0.39, 0.29) is 18.4 Å². The predicted octanol–water partition coefficient (Wildman–Crippen LogP) is 1.23. The normalized spacial score (nSPS) is 15.7. The SMILES string of the molecule is CCC(=O)N1CC(=O)N(c2ccccc2)C1. The first kappa shape index (κ1) is 10.7. The molecule has 1 saturated heterocycles. The van der Waals surface area contributed by atoms with Crippen molar-refractivity contribution < 1.29 is 9.59 Å². The minimum atomic E-state index is -0.0204. The van der Waals surface area contributed by atoms with Crippen molar-refractivity contribution in [3.8, 4) is 0 Å². The highest BCUT2D eigenvalue weighted by Crippen LogP contribution is 2.18. The molecule has 4 nitrogen and oxygen atoms in total. The van der Waals surface area contributed by atoms with Crippen LogP contribution in [0, 0.1) is 0 Å². The average Bonchev–Trinajstić information content (AvgIpc) is 2.71. The summed E-state index contributed by atoms with van der Waals surface area (Å²) in [7, 11) is 0. The zero-order chi connectivity index (χ0) is 11.5. The van der Waals surface area contributed by atoms with Gasteiger partial charge in [-0.15, -0.1) is 0 Å². The third-order valence-corrected chi connectivity index (χ3v) is 2.66. The minimum Gasteiger partial charge on any atom is -0.315 e. The van der Waals surface area contributed by atoms with Crippen LogP contribution in [-0.2, 0) is 9.59 Å². The van der Waals surface area contributed by atoms with Crippen LogP contribution in [0.5, 0.6) is 0 Å². The van der Waals surface area contributed by atoms with E-state index in [0.29, 0.717) is 13.1 Å². The molecule has 1 aromatic rings. The number of amides is 2. The van der Waals surface area contributed by atoms with Gasteiger partial charge in [0.05, 0.1) is 0 Å². The highest BCUT2D eigenvalue weighted by molar-refractivity contribution is 5.99. The first-order valence-corrected chi connectivity index (χ1v) is 5.35.